The van der Waals surface area contributed by atoms with Crippen molar-refractivity contribution in [2.45, 2.75) is 77.6 Å². The molecule has 0 aliphatic heterocycles. The molecule has 0 unspecified atom stereocenters. The largest absolute Gasteiger partial charge is 0.306 e. The summed E-state index contributed by atoms with van der Waals surface area (Å²) < 4.78 is 0. The molecular formula is C16H34BrN. The van der Waals surface area contributed by atoms with Gasteiger partial charge in [0, 0.05) is 5.33 Å². The summed E-state index contributed by atoms with van der Waals surface area (Å²) in [5.74, 6) is 0. The van der Waals surface area contributed by atoms with Crippen molar-refractivity contribution in [3.8, 4) is 0 Å². The molecule has 0 N–H and O–H groups in total. The van der Waals surface area contributed by atoms with E-state index in [1.807, 2.05) is 0 Å². The van der Waals surface area contributed by atoms with Crippen molar-refractivity contribution in [3.63, 3.8) is 0 Å². The molecule has 0 rings (SSSR count). The Labute approximate surface area is 124 Å². The number of alkyl halides is 1. The van der Waals surface area contributed by atoms with Crippen LogP contribution in [0.15, 0.2) is 0 Å². The van der Waals surface area contributed by atoms with Crippen LogP contribution < -0.4 is 0 Å². The zero-order valence-electron chi connectivity index (χ0n) is 12.7. The number of halogens is 1. The predicted molar refractivity (Wildman–Crippen MR) is 87.8 cm³/mol. The second-order valence-electron chi connectivity index (χ2n) is 5.53. The molecule has 1 nitrogen and oxygen atoms in total. The van der Waals surface area contributed by atoms with Gasteiger partial charge in [-0.2, -0.15) is 0 Å². The lowest BCUT2D eigenvalue weighted by molar-refractivity contribution is 0.316. The van der Waals surface area contributed by atoms with Crippen LogP contribution >= 0.6 is 15.9 Å². The van der Waals surface area contributed by atoms with Crippen LogP contribution in [0, 0.1) is 0 Å². The Bertz CT molecular complexity index is 150. The fraction of sp³-hybridized carbons (Fsp3) is 1.00. The third-order valence-electron chi connectivity index (χ3n) is 3.57. The molecule has 0 aromatic rings. The van der Waals surface area contributed by atoms with Crippen molar-refractivity contribution >= 4 is 15.9 Å². The average Bonchev–Trinajstić information content (AvgIpc) is 2.38. The van der Waals surface area contributed by atoms with Gasteiger partial charge < -0.3 is 4.90 Å². The molecule has 0 radical (unpaired) electrons. The Hall–Kier alpha value is 0.440. The Morgan fingerprint density at radius 2 is 1.11 bits per heavy atom. The minimum atomic E-state index is 1.16. The lowest BCUT2D eigenvalue weighted by Gasteiger charge is -2.16. The van der Waals surface area contributed by atoms with Crippen molar-refractivity contribution in [3.05, 3.63) is 0 Å². The van der Waals surface area contributed by atoms with E-state index in [2.05, 4.69) is 34.8 Å². The third kappa shape index (κ3) is 14.5. The second kappa shape index (κ2) is 15.5. The molecule has 0 aromatic heterocycles. The van der Waals surface area contributed by atoms with E-state index in [1.54, 1.807) is 0 Å². The SMILES string of the molecule is CCCCCCCCCCN(C)CCCCCBr. The molecule has 0 atom stereocenters. The number of unbranched alkanes of at least 4 members (excludes halogenated alkanes) is 9. The van der Waals surface area contributed by atoms with Crippen LogP contribution in [0.2, 0.25) is 0 Å². The zero-order chi connectivity index (χ0) is 13.5. The Morgan fingerprint density at radius 1 is 0.667 bits per heavy atom. The summed E-state index contributed by atoms with van der Waals surface area (Å²) in [6.07, 6.45) is 15.5. The summed E-state index contributed by atoms with van der Waals surface area (Å²) >= 11 is 3.48. The van der Waals surface area contributed by atoms with Gasteiger partial charge in [0.15, 0.2) is 0 Å². The lowest BCUT2D eigenvalue weighted by atomic mass is 10.1. The van der Waals surface area contributed by atoms with E-state index in [9.17, 15) is 0 Å². The molecule has 0 fully saturated rings. The fourth-order valence-corrected chi connectivity index (χ4v) is 2.68. The van der Waals surface area contributed by atoms with Gasteiger partial charge in [0.25, 0.3) is 0 Å². The molecule has 110 valence electrons. The smallest absolute Gasteiger partial charge is 0.00313 e. The highest BCUT2D eigenvalue weighted by Crippen LogP contribution is 2.09. The van der Waals surface area contributed by atoms with Crippen molar-refractivity contribution in [1.82, 2.24) is 4.90 Å². The van der Waals surface area contributed by atoms with E-state index < -0.39 is 0 Å². The molecule has 0 bridgehead atoms. The van der Waals surface area contributed by atoms with Crippen molar-refractivity contribution in [2.24, 2.45) is 0 Å². The maximum absolute atomic E-state index is 3.48. The Balaban J connectivity index is 3.08. The standard InChI is InChI=1S/C16H34BrN/c1-3-4-5-6-7-8-9-12-15-18(2)16-13-10-11-14-17/h3-16H2,1-2H3. The number of rotatable bonds is 14. The number of nitrogens with zero attached hydrogens (tertiary/aromatic N) is 1. The van der Waals surface area contributed by atoms with E-state index in [1.165, 1.54) is 83.7 Å². The van der Waals surface area contributed by atoms with Crippen molar-refractivity contribution in [2.75, 3.05) is 25.5 Å². The first-order valence-corrected chi connectivity index (χ1v) is 9.18. The second-order valence-corrected chi connectivity index (χ2v) is 6.32. The maximum atomic E-state index is 3.48. The zero-order valence-corrected chi connectivity index (χ0v) is 14.3. The van der Waals surface area contributed by atoms with E-state index >= 15 is 0 Å². The van der Waals surface area contributed by atoms with E-state index in [4.69, 9.17) is 0 Å². The molecule has 0 aromatic carbocycles. The van der Waals surface area contributed by atoms with E-state index in [0.29, 0.717) is 0 Å². The first-order chi connectivity index (χ1) is 8.81. The number of hydrogen-bond acceptors (Lipinski definition) is 1. The monoisotopic (exact) mass is 319 g/mol. The van der Waals surface area contributed by atoms with Gasteiger partial charge in [-0.05, 0) is 39.4 Å². The molecule has 0 aliphatic rings. The molecule has 0 heterocycles. The van der Waals surface area contributed by atoms with Gasteiger partial charge in [0.1, 0.15) is 0 Å². The van der Waals surface area contributed by atoms with Crippen molar-refractivity contribution < 1.29 is 0 Å². The average molecular weight is 320 g/mol. The Kier molecular flexibility index (Phi) is 15.9. The van der Waals surface area contributed by atoms with Gasteiger partial charge in [-0.3, -0.25) is 0 Å². The van der Waals surface area contributed by atoms with Crippen LogP contribution in [0.3, 0.4) is 0 Å². The highest BCUT2D eigenvalue weighted by molar-refractivity contribution is 9.09. The van der Waals surface area contributed by atoms with Crippen LogP contribution in [0.4, 0.5) is 0 Å². The van der Waals surface area contributed by atoms with Crippen LogP contribution in [0.5, 0.6) is 0 Å². The summed E-state index contributed by atoms with van der Waals surface area (Å²) in [5.41, 5.74) is 0. The number of hydrogen-bond donors (Lipinski definition) is 0. The van der Waals surface area contributed by atoms with E-state index in [-0.39, 0.29) is 0 Å². The maximum Gasteiger partial charge on any atom is 0.00313 e. The summed E-state index contributed by atoms with van der Waals surface area (Å²) in [6, 6.07) is 0. The van der Waals surface area contributed by atoms with E-state index in [0.717, 1.165) is 5.33 Å². The summed E-state index contributed by atoms with van der Waals surface area (Å²) in [7, 11) is 2.27. The minimum Gasteiger partial charge on any atom is -0.306 e. The molecule has 0 saturated heterocycles. The first kappa shape index (κ1) is 18.4. The lowest BCUT2D eigenvalue weighted by Crippen LogP contribution is -2.20. The summed E-state index contributed by atoms with van der Waals surface area (Å²) in [5, 5.41) is 1.16. The van der Waals surface area contributed by atoms with Gasteiger partial charge in [0.2, 0.25) is 0 Å². The molecule has 0 saturated carbocycles. The van der Waals surface area contributed by atoms with Crippen molar-refractivity contribution in [1.29, 1.82) is 0 Å². The summed E-state index contributed by atoms with van der Waals surface area (Å²) in [6.45, 7) is 4.86. The van der Waals surface area contributed by atoms with Gasteiger partial charge >= 0.3 is 0 Å². The fourth-order valence-electron chi connectivity index (χ4n) is 2.28. The van der Waals surface area contributed by atoms with Gasteiger partial charge in [0.05, 0.1) is 0 Å². The molecule has 0 aliphatic carbocycles. The van der Waals surface area contributed by atoms with Gasteiger partial charge in [-0.15, -0.1) is 0 Å². The predicted octanol–water partition coefficient (Wildman–Crippen LogP) is 5.62. The molecule has 2 heteroatoms. The third-order valence-corrected chi connectivity index (χ3v) is 4.13. The highest BCUT2D eigenvalue weighted by atomic mass is 79.9. The first-order valence-electron chi connectivity index (χ1n) is 8.05. The van der Waals surface area contributed by atoms with Gasteiger partial charge in [-0.25, -0.2) is 0 Å². The quantitative estimate of drug-likeness (QED) is 0.296. The minimum absolute atomic E-state index is 1.16. The van der Waals surface area contributed by atoms with Crippen LogP contribution in [-0.2, 0) is 0 Å². The normalized spacial score (nSPS) is 11.3. The topological polar surface area (TPSA) is 3.24 Å². The molecule has 0 spiro atoms. The Morgan fingerprint density at radius 3 is 1.61 bits per heavy atom. The molecule has 0 amide bonds. The molecule has 18 heavy (non-hydrogen) atoms. The summed E-state index contributed by atoms with van der Waals surface area (Å²) in [4.78, 5) is 2.51. The van der Waals surface area contributed by atoms with Crippen LogP contribution in [-0.4, -0.2) is 30.4 Å². The van der Waals surface area contributed by atoms with Gasteiger partial charge in [-0.1, -0.05) is 74.2 Å². The van der Waals surface area contributed by atoms with Crippen LogP contribution in [0.1, 0.15) is 77.6 Å². The van der Waals surface area contributed by atoms with Crippen LogP contribution in [0.25, 0.3) is 0 Å². The highest BCUT2D eigenvalue weighted by Gasteiger charge is 1.98. The molecular weight excluding hydrogens is 286 g/mol.